The molecule has 0 atom stereocenters. The smallest absolute Gasteiger partial charge is 0.202 e. The van der Waals surface area contributed by atoms with E-state index < -0.39 is 0 Å². The predicted molar refractivity (Wildman–Crippen MR) is 45.5 cm³/mol. The van der Waals surface area contributed by atoms with Crippen LogP contribution in [0.25, 0.3) is 0 Å². The maximum absolute atomic E-state index is 5.79. The molecule has 1 heterocycles. The van der Waals surface area contributed by atoms with Crippen LogP contribution in [0.2, 0.25) is 5.28 Å². The molecule has 0 radical (unpaired) electrons. The van der Waals surface area contributed by atoms with Gasteiger partial charge in [0.2, 0.25) is 5.28 Å². The molecule has 0 aliphatic rings. The third-order valence-electron chi connectivity index (χ3n) is 1.24. The van der Waals surface area contributed by atoms with Crippen molar-refractivity contribution in [3.63, 3.8) is 0 Å². The van der Waals surface area contributed by atoms with E-state index in [-0.39, 0.29) is 5.54 Å². The Morgan fingerprint density at radius 2 is 2.36 bits per heavy atom. The summed E-state index contributed by atoms with van der Waals surface area (Å²) < 4.78 is 1.82. The summed E-state index contributed by atoms with van der Waals surface area (Å²) in [4.78, 5) is 3.87. The standard InChI is InChI=1S/C7H12ClN3/c1-7(2,9)5-11-4-3-10-6(11)8/h3-4H,5,9H2,1-2H3. The summed E-state index contributed by atoms with van der Waals surface area (Å²) in [6, 6.07) is 0. The van der Waals surface area contributed by atoms with E-state index in [0.29, 0.717) is 11.8 Å². The number of nitrogens with zero attached hydrogens (tertiary/aromatic N) is 2. The highest BCUT2D eigenvalue weighted by Gasteiger charge is 2.12. The van der Waals surface area contributed by atoms with E-state index in [1.54, 1.807) is 6.20 Å². The van der Waals surface area contributed by atoms with Gasteiger partial charge in [-0.25, -0.2) is 4.98 Å². The molecule has 0 saturated heterocycles. The van der Waals surface area contributed by atoms with Crippen LogP contribution in [-0.2, 0) is 6.54 Å². The molecule has 0 unspecified atom stereocenters. The van der Waals surface area contributed by atoms with Gasteiger partial charge in [0, 0.05) is 24.5 Å². The molecular weight excluding hydrogens is 162 g/mol. The number of rotatable bonds is 2. The maximum atomic E-state index is 5.79. The Kier molecular flexibility index (Phi) is 2.20. The molecule has 11 heavy (non-hydrogen) atoms. The Bertz CT molecular complexity index is 236. The zero-order chi connectivity index (χ0) is 8.48. The molecule has 0 fully saturated rings. The molecule has 0 amide bonds. The zero-order valence-electron chi connectivity index (χ0n) is 6.71. The largest absolute Gasteiger partial charge is 0.324 e. The molecule has 0 bridgehead atoms. The van der Waals surface area contributed by atoms with E-state index in [1.165, 1.54) is 0 Å². The first kappa shape index (κ1) is 8.56. The molecule has 0 aliphatic heterocycles. The molecule has 1 rings (SSSR count). The van der Waals surface area contributed by atoms with Gasteiger partial charge in [-0.2, -0.15) is 0 Å². The van der Waals surface area contributed by atoms with E-state index in [0.717, 1.165) is 0 Å². The van der Waals surface area contributed by atoms with E-state index >= 15 is 0 Å². The molecule has 2 N–H and O–H groups in total. The van der Waals surface area contributed by atoms with Crippen molar-refractivity contribution in [2.45, 2.75) is 25.9 Å². The van der Waals surface area contributed by atoms with Gasteiger partial charge in [-0.05, 0) is 25.4 Å². The van der Waals surface area contributed by atoms with Gasteiger partial charge in [-0.3, -0.25) is 0 Å². The minimum atomic E-state index is -0.246. The van der Waals surface area contributed by atoms with Gasteiger partial charge in [-0.15, -0.1) is 0 Å². The number of hydrogen-bond acceptors (Lipinski definition) is 2. The third-order valence-corrected chi connectivity index (χ3v) is 1.56. The van der Waals surface area contributed by atoms with E-state index in [2.05, 4.69) is 4.98 Å². The number of imidazole rings is 1. The maximum Gasteiger partial charge on any atom is 0.202 e. The van der Waals surface area contributed by atoms with Crippen molar-refractivity contribution in [1.82, 2.24) is 9.55 Å². The van der Waals surface area contributed by atoms with Gasteiger partial charge < -0.3 is 10.3 Å². The molecule has 4 heteroatoms. The fourth-order valence-electron chi connectivity index (χ4n) is 0.868. The average Bonchev–Trinajstić information content (AvgIpc) is 2.12. The van der Waals surface area contributed by atoms with Gasteiger partial charge in [0.25, 0.3) is 0 Å². The van der Waals surface area contributed by atoms with Crippen molar-refractivity contribution in [3.8, 4) is 0 Å². The second-order valence-corrected chi connectivity index (χ2v) is 3.65. The van der Waals surface area contributed by atoms with E-state index in [9.17, 15) is 0 Å². The normalized spacial score (nSPS) is 12.0. The zero-order valence-corrected chi connectivity index (χ0v) is 7.47. The van der Waals surface area contributed by atoms with Crippen molar-refractivity contribution >= 4 is 11.6 Å². The van der Waals surface area contributed by atoms with Crippen molar-refractivity contribution in [1.29, 1.82) is 0 Å². The minimum absolute atomic E-state index is 0.246. The molecular formula is C7H12ClN3. The third kappa shape index (κ3) is 2.52. The summed E-state index contributed by atoms with van der Waals surface area (Å²) in [6.07, 6.45) is 3.48. The van der Waals surface area contributed by atoms with Crippen molar-refractivity contribution < 1.29 is 0 Å². The molecule has 0 aromatic carbocycles. The molecule has 0 saturated carbocycles. The second kappa shape index (κ2) is 2.83. The summed E-state index contributed by atoms with van der Waals surface area (Å²) in [7, 11) is 0. The Morgan fingerprint density at radius 1 is 1.73 bits per heavy atom. The average molecular weight is 174 g/mol. The molecule has 0 aliphatic carbocycles. The lowest BCUT2D eigenvalue weighted by Gasteiger charge is -2.18. The van der Waals surface area contributed by atoms with Gasteiger partial charge in [0.15, 0.2) is 0 Å². The van der Waals surface area contributed by atoms with Gasteiger partial charge in [0.1, 0.15) is 0 Å². The summed E-state index contributed by atoms with van der Waals surface area (Å²) in [6.45, 7) is 4.58. The first-order chi connectivity index (χ1) is 4.99. The Hall–Kier alpha value is -0.540. The Labute approximate surface area is 71.2 Å². The predicted octanol–water partition coefficient (Wildman–Crippen LogP) is 1.27. The van der Waals surface area contributed by atoms with Gasteiger partial charge >= 0.3 is 0 Å². The number of nitrogens with two attached hydrogens (primary N) is 1. The van der Waals surface area contributed by atoms with E-state index in [4.69, 9.17) is 17.3 Å². The second-order valence-electron chi connectivity index (χ2n) is 3.31. The van der Waals surface area contributed by atoms with Gasteiger partial charge in [-0.1, -0.05) is 0 Å². The van der Waals surface area contributed by atoms with Crippen LogP contribution >= 0.6 is 11.6 Å². The highest BCUT2D eigenvalue weighted by Crippen LogP contribution is 2.09. The topological polar surface area (TPSA) is 43.8 Å². The van der Waals surface area contributed by atoms with Crippen LogP contribution < -0.4 is 5.73 Å². The fourth-order valence-corrected chi connectivity index (χ4v) is 1.04. The molecule has 62 valence electrons. The lowest BCUT2D eigenvalue weighted by Crippen LogP contribution is -2.36. The molecule has 1 aromatic rings. The summed E-state index contributed by atoms with van der Waals surface area (Å²) in [5, 5.41) is 0.489. The molecule has 3 nitrogen and oxygen atoms in total. The molecule has 1 aromatic heterocycles. The number of hydrogen-bond donors (Lipinski definition) is 1. The van der Waals surface area contributed by atoms with Crippen LogP contribution in [0.1, 0.15) is 13.8 Å². The quantitative estimate of drug-likeness (QED) is 0.732. The van der Waals surface area contributed by atoms with E-state index in [1.807, 2.05) is 24.6 Å². The monoisotopic (exact) mass is 173 g/mol. The SMILES string of the molecule is CC(C)(N)Cn1ccnc1Cl. The lowest BCUT2D eigenvalue weighted by atomic mass is 10.1. The van der Waals surface area contributed by atoms with Crippen LogP contribution in [-0.4, -0.2) is 15.1 Å². The summed E-state index contributed by atoms with van der Waals surface area (Å²) in [5.41, 5.74) is 5.54. The number of halogens is 1. The van der Waals surface area contributed by atoms with Crippen LogP contribution in [0.5, 0.6) is 0 Å². The minimum Gasteiger partial charge on any atom is -0.324 e. The van der Waals surface area contributed by atoms with Crippen LogP contribution in [0.15, 0.2) is 12.4 Å². The Balaban J connectivity index is 2.72. The molecule has 0 spiro atoms. The highest BCUT2D eigenvalue weighted by molar-refractivity contribution is 6.28. The van der Waals surface area contributed by atoms with Gasteiger partial charge in [0.05, 0.1) is 0 Å². The van der Waals surface area contributed by atoms with Crippen LogP contribution in [0.4, 0.5) is 0 Å². The first-order valence-corrected chi connectivity index (χ1v) is 3.82. The van der Waals surface area contributed by atoms with Crippen molar-refractivity contribution in [3.05, 3.63) is 17.7 Å². The van der Waals surface area contributed by atoms with Crippen molar-refractivity contribution in [2.24, 2.45) is 5.73 Å². The lowest BCUT2D eigenvalue weighted by molar-refractivity contribution is 0.434. The fraction of sp³-hybridized carbons (Fsp3) is 0.571. The summed E-state index contributed by atoms with van der Waals surface area (Å²) in [5.74, 6) is 0. The number of aromatic nitrogens is 2. The summed E-state index contributed by atoms with van der Waals surface area (Å²) >= 11 is 5.74. The van der Waals surface area contributed by atoms with Crippen LogP contribution in [0.3, 0.4) is 0 Å². The first-order valence-electron chi connectivity index (χ1n) is 3.44. The highest BCUT2D eigenvalue weighted by atomic mass is 35.5. The van der Waals surface area contributed by atoms with Crippen LogP contribution in [0, 0.1) is 0 Å². The van der Waals surface area contributed by atoms with Crippen molar-refractivity contribution in [2.75, 3.05) is 0 Å². The Morgan fingerprint density at radius 3 is 2.73 bits per heavy atom.